The molecule has 2 aromatic rings. The van der Waals surface area contributed by atoms with E-state index >= 15 is 0 Å². The van der Waals surface area contributed by atoms with Crippen LogP contribution in [-0.4, -0.2) is 67.4 Å². The smallest absolute Gasteiger partial charge is 0.335 e. The quantitative estimate of drug-likeness (QED) is 0.326. The van der Waals surface area contributed by atoms with Crippen LogP contribution in [0.4, 0.5) is 0 Å². The minimum atomic E-state index is -2.35. The van der Waals surface area contributed by atoms with Gasteiger partial charge in [-0.25, -0.2) is 4.79 Å². The maximum atomic E-state index is 12.5. The summed E-state index contributed by atoms with van der Waals surface area (Å²) >= 11 is 0. The molecule has 35 heavy (non-hydrogen) atoms. The largest absolute Gasteiger partial charge is 0.508 e. The Morgan fingerprint density at radius 2 is 1.26 bits per heavy atom. The molecule has 4 atom stereocenters. The van der Waals surface area contributed by atoms with E-state index in [1.807, 2.05) is 0 Å². The summed E-state index contributed by atoms with van der Waals surface area (Å²) in [5.41, 5.74) is -0.833. The molecule has 1 aliphatic rings. The first-order valence-electron chi connectivity index (χ1n) is 11.1. The van der Waals surface area contributed by atoms with Crippen molar-refractivity contribution in [2.75, 3.05) is 0 Å². The van der Waals surface area contributed by atoms with Crippen LogP contribution < -0.4 is 0 Å². The highest BCUT2D eigenvalue weighted by atomic mass is 16.6. The number of hydrogen-bond acceptors (Lipinski definition) is 9. The minimum absolute atomic E-state index is 0.0707. The van der Waals surface area contributed by atoms with Crippen LogP contribution >= 0.6 is 0 Å². The van der Waals surface area contributed by atoms with E-state index in [-0.39, 0.29) is 37.2 Å². The number of benzene rings is 2. The number of carbonyl (C=O) groups excluding carboxylic acids is 2. The van der Waals surface area contributed by atoms with Gasteiger partial charge < -0.3 is 35.0 Å². The van der Waals surface area contributed by atoms with Crippen LogP contribution in [0.1, 0.15) is 36.8 Å². The predicted octanol–water partition coefficient (Wildman–Crippen LogP) is 1.46. The molecule has 0 bridgehead atoms. The fourth-order valence-electron chi connectivity index (χ4n) is 3.94. The Morgan fingerprint density at radius 3 is 1.71 bits per heavy atom. The number of carboxylic acid groups (broad SMARTS) is 1. The maximum absolute atomic E-state index is 12.5. The van der Waals surface area contributed by atoms with E-state index < -0.39 is 54.7 Å². The number of phenols is 2. The molecule has 188 valence electrons. The van der Waals surface area contributed by atoms with Gasteiger partial charge in [0, 0.05) is 25.7 Å². The topological polar surface area (TPSA) is 171 Å². The number of carboxylic acids is 1. The summed E-state index contributed by atoms with van der Waals surface area (Å²) in [4.78, 5) is 36.5. The first kappa shape index (κ1) is 26.0. The Hall–Kier alpha value is -3.63. The van der Waals surface area contributed by atoms with Gasteiger partial charge in [-0.3, -0.25) is 9.59 Å². The molecule has 0 radical (unpaired) electrons. The number of carbonyl (C=O) groups is 3. The van der Waals surface area contributed by atoms with Crippen LogP contribution in [0.3, 0.4) is 0 Å². The van der Waals surface area contributed by atoms with Gasteiger partial charge in [-0.05, 0) is 48.2 Å². The summed E-state index contributed by atoms with van der Waals surface area (Å²) in [6.07, 6.45) is -5.04. The van der Waals surface area contributed by atoms with Crippen LogP contribution in [0, 0.1) is 0 Å². The van der Waals surface area contributed by atoms with E-state index in [9.17, 15) is 39.9 Å². The van der Waals surface area contributed by atoms with Gasteiger partial charge >= 0.3 is 17.9 Å². The molecule has 10 nitrogen and oxygen atoms in total. The van der Waals surface area contributed by atoms with Gasteiger partial charge in [-0.2, -0.15) is 0 Å². The van der Waals surface area contributed by atoms with Gasteiger partial charge in [0.2, 0.25) is 0 Å². The molecule has 3 rings (SSSR count). The molecule has 1 saturated carbocycles. The molecule has 2 aromatic carbocycles. The molecule has 0 spiro atoms. The molecule has 0 unspecified atom stereocenters. The van der Waals surface area contributed by atoms with E-state index in [1.54, 1.807) is 24.3 Å². The number of aromatic hydroxyl groups is 2. The lowest BCUT2D eigenvalue weighted by Gasteiger charge is -2.40. The highest BCUT2D eigenvalue weighted by Crippen LogP contribution is 2.33. The third kappa shape index (κ3) is 7.17. The van der Waals surface area contributed by atoms with E-state index in [4.69, 9.17) is 9.47 Å². The third-order valence-electron chi connectivity index (χ3n) is 5.89. The maximum Gasteiger partial charge on any atom is 0.335 e. The van der Waals surface area contributed by atoms with Crippen molar-refractivity contribution in [3.05, 3.63) is 59.7 Å². The fourth-order valence-corrected chi connectivity index (χ4v) is 3.94. The van der Waals surface area contributed by atoms with Crippen molar-refractivity contribution < 1.29 is 49.4 Å². The van der Waals surface area contributed by atoms with Crippen LogP contribution in [0.15, 0.2) is 48.5 Å². The second-order valence-corrected chi connectivity index (χ2v) is 8.63. The van der Waals surface area contributed by atoms with Crippen molar-refractivity contribution in [1.82, 2.24) is 0 Å². The van der Waals surface area contributed by atoms with Crippen molar-refractivity contribution in [3.63, 3.8) is 0 Å². The van der Waals surface area contributed by atoms with Gasteiger partial charge in [-0.15, -0.1) is 0 Å². The molecule has 1 fully saturated rings. The van der Waals surface area contributed by atoms with Crippen molar-refractivity contribution in [2.24, 2.45) is 0 Å². The monoisotopic (exact) mass is 488 g/mol. The Balaban J connectivity index is 1.64. The Bertz CT molecular complexity index is 1030. The molecule has 1 aliphatic carbocycles. The number of aliphatic carboxylic acids is 1. The second kappa shape index (κ2) is 11.2. The lowest BCUT2D eigenvalue weighted by molar-refractivity contribution is -0.208. The van der Waals surface area contributed by atoms with Crippen molar-refractivity contribution >= 4 is 17.9 Å². The number of ether oxygens (including phenoxy) is 2. The number of aliphatic hydroxyl groups is 2. The highest BCUT2D eigenvalue weighted by molar-refractivity contribution is 5.78. The predicted molar refractivity (Wildman–Crippen MR) is 120 cm³/mol. The Labute approximate surface area is 201 Å². The number of rotatable bonds is 9. The number of phenolic OH excluding ortho intramolecular Hbond substituents is 2. The number of aliphatic hydroxyl groups excluding tert-OH is 1. The lowest BCUT2D eigenvalue weighted by atomic mass is 9.79. The van der Waals surface area contributed by atoms with Crippen LogP contribution in [0.5, 0.6) is 11.5 Å². The summed E-state index contributed by atoms with van der Waals surface area (Å²) in [5, 5.41) is 49.0. The highest BCUT2D eigenvalue weighted by Gasteiger charge is 2.52. The second-order valence-electron chi connectivity index (χ2n) is 8.63. The SMILES string of the molecule is O=C(CCc1ccc(O)cc1)O[C@@H]1[C@H](O)C[C@@](O)(C(=O)O)C[C@H]1OC(=O)CCc1ccc(O)cc1. The summed E-state index contributed by atoms with van der Waals surface area (Å²) in [5.74, 6) is -2.85. The van der Waals surface area contributed by atoms with Gasteiger partial charge in [-0.1, -0.05) is 24.3 Å². The van der Waals surface area contributed by atoms with Crippen LogP contribution in [0.2, 0.25) is 0 Å². The van der Waals surface area contributed by atoms with Gasteiger partial charge in [0.05, 0.1) is 6.10 Å². The zero-order valence-electron chi connectivity index (χ0n) is 18.9. The Morgan fingerprint density at radius 1 is 0.800 bits per heavy atom. The van der Waals surface area contributed by atoms with Gasteiger partial charge in [0.15, 0.2) is 11.7 Å². The first-order valence-corrected chi connectivity index (χ1v) is 11.1. The van der Waals surface area contributed by atoms with Crippen LogP contribution in [0.25, 0.3) is 0 Å². The molecule has 0 amide bonds. The Kier molecular flexibility index (Phi) is 8.31. The summed E-state index contributed by atoms with van der Waals surface area (Å²) in [6.45, 7) is 0. The minimum Gasteiger partial charge on any atom is -0.508 e. The fraction of sp³-hybridized carbons (Fsp3) is 0.400. The van der Waals surface area contributed by atoms with Gasteiger partial charge in [0.25, 0.3) is 0 Å². The number of aryl methyl sites for hydroxylation is 2. The molecule has 0 aromatic heterocycles. The number of esters is 2. The van der Waals surface area contributed by atoms with Crippen molar-refractivity contribution in [2.45, 2.75) is 62.4 Å². The standard InChI is InChI=1S/C25H28O10/c26-17-7-1-15(2-8-17)5-11-21(29)34-20-14-25(33,24(31)32)13-19(28)23(20)35-22(30)12-6-16-3-9-18(27)10-4-16/h1-4,7-10,19-20,23,26-28,33H,5-6,11-14H2,(H,31,32)/t19-,20-,23-,25+/m1/s1. The van der Waals surface area contributed by atoms with E-state index in [0.717, 1.165) is 11.1 Å². The van der Waals surface area contributed by atoms with E-state index in [2.05, 4.69) is 0 Å². The zero-order chi connectivity index (χ0) is 25.6. The van der Waals surface area contributed by atoms with E-state index in [0.29, 0.717) is 0 Å². The van der Waals surface area contributed by atoms with Crippen molar-refractivity contribution in [1.29, 1.82) is 0 Å². The van der Waals surface area contributed by atoms with Gasteiger partial charge in [0.1, 0.15) is 17.6 Å². The molecular formula is C25H28O10. The zero-order valence-corrected chi connectivity index (χ0v) is 18.9. The molecule has 5 N–H and O–H groups in total. The summed E-state index contributed by atoms with van der Waals surface area (Å²) in [7, 11) is 0. The normalized spacial score (nSPS) is 23.9. The molecule has 0 saturated heterocycles. The van der Waals surface area contributed by atoms with Crippen molar-refractivity contribution in [3.8, 4) is 11.5 Å². The average Bonchev–Trinajstić information content (AvgIpc) is 2.80. The third-order valence-corrected chi connectivity index (χ3v) is 5.89. The molecule has 10 heteroatoms. The number of hydrogen-bond donors (Lipinski definition) is 5. The van der Waals surface area contributed by atoms with E-state index in [1.165, 1.54) is 24.3 Å². The lowest BCUT2D eigenvalue weighted by Crippen LogP contribution is -2.58. The molecule has 0 heterocycles. The molecular weight excluding hydrogens is 460 g/mol. The average molecular weight is 488 g/mol. The summed E-state index contributed by atoms with van der Waals surface area (Å²) in [6, 6.07) is 12.5. The van der Waals surface area contributed by atoms with Crippen LogP contribution in [-0.2, 0) is 36.7 Å². The molecule has 0 aliphatic heterocycles. The summed E-state index contributed by atoms with van der Waals surface area (Å²) < 4.78 is 10.7. The first-order chi connectivity index (χ1) is 16.6.